The first-order chi connectivity index (χ1) is 9.76. The molecular weight excluding hydrogens is 374 g/mol. The third kappa shape index (κ3) is 4.59. The number of benzene rings is 1. The Hall–Kier alpha value is -0.790. The second kappa shape index (κ2) is 6.54. The second-order valence-corrected chi connectivity index (χ2v) is 6.19. The summed E-state index contributed by atoms with van der Waals surface area (Å²) < 4.78 is 40.4. The van der Waals surface area contributed by atoms with Gasteiger partial charge in [0.05, 0.1) is 6.42 Å². The number of carbonyl (C=O) groups excluding carboxylic acids is 1. The van der Waals surface area contributed by atoms with Crippen molar-refractivity contribution in [3.05, 3.63) is 28.3 Å². The molecule has 1 atom stereocenters. The number of halogens is 5. The summed E-state index contributed by atoms with van der Waals surface area (Å²) in [6.45, 7) is -1.30. The van der Waals surface area contributed by atoms with Crippen molar-refractivity contribution in [1.82, 2.24) is 0 Å². The van der Waals surface area contributed by atoms with Crippen molar-refractivity contribution in [2.24, 2.45) is 0 Å². The van der Waals surface area contributed by atoms with Crippen LogP contribution < -0.4 is 5.32 Å². The highest BCUT2D eigenvalue weighted by Crippen LogP contribution is 2.37. The van der Waals surface area contributed by atoms with Crippen LogP contribution in [-0.4, -0.2) is 25.3 Å². The highest BCUT2D eigenvalue weighted by Gasteiger charge is 2.27. The predicted molar refractivity (Wildman–Crippen MR) is 76.9 cm³/mol. The van der Waals surface area contributed by atoms with Crippen LogP contribution in [0.3, 0.4) is 0 Å². The van der Waals surface area contributed by atoms with Gasteiger partial charge in [0.25, 0.3) is 0 Å². The number of fused-ring (bicyclic) bond motifs is 1. The fourth-order valence-corrected chi connectivity index (χ4v) is 3.03. The maximum atomic E-state index is 12.0. The quantitative estimate of drug-likeness (QED) is 0.607. The lowest BCUT2D eigenvalue weighted by Gasteiger charge is -2.14. The normalized spacial score (nSPS) is 15.8. The number of rotatable bonds is 5. The van der Waals surface area contributed by atoms with Gasteiger partial charge < -0.3 is 10.1 Å². The molecule has 0 spiro atoms. The van der Waals surface area contributed by atoms with Gasteiger partial charge in [-0.1, -0.05) is 33.6 Å². The molecule has 0 bridgehead atoms. The molecule has 0 aliphatic carbocycles. The van der Waals surface area contributed by atoms with Gasteiger partial charge in [-0.05, 0) is 23.6 Å². The zero-order valence-corrected chi connectivity index (χ0v) is 13.1. The van der Waals surface area contributed by atoms with E-state index >= 15 is 0 Å². The molecular formula is C13H12BrClF3NO2. The average Bonchev–Trinajstić information content (AvgIpc) is 2.71. The van der Waals surface area contributed by atoms with E-state index < -0.39 is 12.8 Å². The van der Waals surface area contributed by atoms with E-state index in [9.17, 15) is 18.0 Å². The summed E-state index contributed by atoms with van der Waals surface area (Å²) in [5.74, 6) is -0.0992. The van der Waals surface area contributed by atoms with E-state index in [2.05, 4.69) is 26.0 Å². The van der Waals surface area contributed by atoms with Gasteiger partial charge in [0.2, 0.25) is 5.91 Å². The monoisotopic (exact) mass is 385 g/mol. The Morgan fingerprint density at radius 1 is 1.43 bits per heavy atom. The van der Waals surface area contributed by atoms with Crippen molar-refractivity contribution in [3.8, 4) is 0 Å². The Balaban J connectivity index is 1.95. The van der Waals surface area contributed by atoms with Crippen molar-refractivity contribution in [1.29, 1.82) is 0 Å². The summed E-state index contributed by atoms with van der Waals surface area (Å²) in [5, 5.41) is 3.14. The second-order valence-electron chi connectivity index (χ2n) is 4.68. The Morgan fingerprint density at radius 3 is 2.81 bits per heavy atom. The zero-order valence-electron chi connectivity index (χ0n) is 10.8. The molecule has 0 saturated heterocycles. The van der Waals surface area contributed by atoms with Crippen molar-refractivity contribution in [3.63, 3.8) is 0 Å². The van der Waals surface area contributed by atoms with Crippen LogP contribution in [0, 0.1) is 0 Å². The van der Waals surface area contributed by atoms with Crippen LogP contribution in [0.1, 0.15) is 22.4 Å². The lowest BCUT2D eigenvalue weighted by atomic mass is 10.0. The number of amides is 1. The minimum Gasteiger partial charge on any atom is -0.372 e. The topological polar surface area (TPSA) is 38.3 Å². The molecule has 1 amide bonds. The van der Waals surface area contributed by atoms with Gasteiger partial charge in [-0.25, -0.2) is 0 Å². The summed E-state index contributed by atoms with van der Waals surface area (Å²) in [6, 6.07) is 3.45. The number of carbonyl (C=O) groups is 1. The first-order valence-electron chi connectivity index (χ1n) is 6.17. The molecule has 8 heteroatoms. The predicted octanol–water partition coefficient (Wildman–Crippen LogP) is 4.24. The minimum absolute atomic E-state index is 0.0416. The smallest absolute Gasteiger partial charge is 0.372 e. The lowest BCUT2D eigenvalue weighted by Crippen LogP contribution is -2.17. The zero-order chi connectivity index (χ0) is 15.6. The molecule has 1 heterocycles. The minimum atomic E-state index is -4.32. The fraction of sp³-hybridized carbons (Fsp3) is 0.462. The van der Waals surface area contributed by atoms with Gasteiger partial charge in [-0.3, -0.25) is 4.79 Å². The maximum Gasteiger partial charge on any atom is 0.411 e. The molecule has 1 aromatic rings. The van der Waals surface area contributed by atoms with Crippen LogP contribution >= 0.6 is 27.5 Å². The molecule has 0 fully saturated rings. The number of ether oxygens (including phenoxy) is 1. The molecule has 116 valence electrons. The van der Waals surface area contributed by atoms with E-state index in [1.165, 1.54) is 0 Å². The number of anilines is 1. The summed E-state index contributed by atoms with van der Waals surface area (Å²) in [4.78, 5) is 11.1. The molecule has 21 heavy (non-hydrogen) atoms. The molecule has 1 aromatic carbocycles. The third-order valence-electron chi connectivity index (χ3n) is 2.97. The van der Waals surface area contributed by atoms with Crippen molar-refractivity contribution < 1.29 is 22.7 Å². The molecule has 1 N–H and O–H groups in total. The Kier molecular flexibility index (Phi) is 5.16. The SMILES string of the molecule is O=C1Cc2cc(C(Br)CCOCC(F)(F)F)c(Cl)cc2N1. The van der Waals surface area contributed by atoms with Gasteiger partial charge in [0, 0.05) is 22.1 Å². The van der Waals surface area contributed by atoms with Crippen LogP contribution in [0.25, 0.3) is 0 Å². The molecule has 1 unspecified atom stereocenters. The van der Waals surface area contributed by atoms with Crippen LogP contribution in [0.15, 0.2) is 12.1 Å². The Bertz CT molecular complexity index is 551. The van der Waals surface area contributed by atoms with Crippen LogP contribution in [-0.2, 0) is 16.0 Å². The maximum absolute atomic E-state index is 12.0. The van der Waals surface area contributed by atoms with Crippen molar-refractivity contribution in [2.45, 2.75) is 23.8 Å². The van der Waals surface area contributed by atoms with Gasteiger partial charge in [0.15, 0.2) is 0 Å². The van der Waals surface area contributed by atoms with Gasteiger partial charge in [-0.15, -0.1) is 0 Å². The molecule has 0 saturated carbocycles. The first-order valence-corrected chi connectivity index (χ1v) is 7.46. The van der Waals surface area contributed by atoms with E-state index in [4.69, 9.17) is 11.6 Å². The standard InChI is InChI=1S/C13H12BrClF3NO2/c14-9(1-2-21-6-13(16,17)18)8-3-7-4-12(20)19-11(7)5-10(8)15/h3,5,9H,1-2,4,6H2,(H,19,20). The Labute approximate surface area is 132 Å². The lowest BCUT2D eigenvalue weighted by molar-refractivity contribution is -0.174. The van der Waals surface area contributed by atoms with Gasteiger partial charge >= 0.3 is 6.18 Å². The molecule has 0 radical (unpaired) electrons. The highest BCUT2D eigenvalue weighted by atomic mass is 79.9. The third-order valence-corrected chi connectivity index (χ3v) is 4.24. The van der Waals surface area contributed by atoms with E-state index in [0.29, 0.717) is 17.1 Å². The van der Waals surface area contributed by atoms with Gasteiger partial charge in [0.1, 0.15) is 6.61 Å². The summed E-state index contributed by atoms with van der Waals surface area (Å²) >= 11 is 9.52. The Morgan fingerprint density at radius 2 is 2.14 bits per heavy atom. The van der Waals surface area contributed by atoms with Crippen molar-refractivity contribution in [2.75, 3.05) is 18.5 Å². The highest BCUT2D eigenvalue weighted by molar-refractivity contribution is 9.09. The van der Waals surface area contributed by atoms with E-state index in [1.54, 1.807) is 12.1 Å². The fourth-order valence-electron chi connectivity index (χ4n) is 2.04. The summed E-state index contributed by atoms with van der Waals surface area (Å²) in [6.07, 6.45) is -3.70. The molecule has 1 aliphatic heterocycles. The molecule has 2 rings (SSSR count). The van der Waals surface area contributed by atoms with Crippen LogP contribution in [0.5, 0.6) is 0 Å². The molecule has 1 aliphatic rings. The molecule has 3 nitrogen and oxygen atoms in total. The number of nitrogens with one attached hydrogen (secondary N) is 1. The summed E-state index contributed by atoms with van der Waals surface area (Å²) in [5.41, 5.74) is 2.25. The van der Waals surface area contributed by atoms with Crippen molar-refractivity contribution >= 4 is 39.1 Å². The number of hydrogen-bond acceptors (Lipinski definition) is 2. The first kappa shape index (κ1) is 16.6. The largest absolute Gasteiger partial charge is 0.411 e. The van der Waals surface area contributed by atoms with E-state index in [-0.39, 0.29) is 23.8 Å². The summed E-state index contributed by atoms with van der Waals surface area (Å²) in [7, 11) is 0. The van der Waals surface area contributed by atoms with E-state index in [1.807, 2.05) is 0 Å². The number of hydrogen-bond donors (Lipinski definition) is 1. The van der Waals surface area contributed by atoms with E-state index in [0.717, 1.165) is 11.1 Å². The molecule has 0 aromatic heterocycles. The average molecular weight is 387 g/mol. The van der Waals surface area contributed by atoms with Gasteiger partial charge in [-0.2, -0.15) is 13.2 Å². The van der Waals surface area contributed by atoms with Crippen LogP contribution in [0.4, 0.5) is 18.9 Å². The number of alkyl halides is 4. The van der Waals surface area contributed by atoms with Crippen LogP contribution in [0.2, 0.25) is 5.02 Å².